The van der Waals surface area contributed by atoms with Crippen molar-refractivity contribution < 1.29 is 22.7 Å². The van der Waals surface area contributed by atoms with Gasteiger partial charge in [0, 0.05) is 11.8 Å². The van der Waals surface area contributed by atoms with Crippen LogP contribution in [-0.2, 0) is 20.4 Å². The van der Waals surface area contributed by atoms with Crippen molar-refractivity contribution in [2.45, 2.75) is 12.7 Å². The summed E-state index contributed by atoms with van der Waals surface area (Å²) >= 11 is 0. The smallest absolute Gasteiger partial charge is 0.239 e. The molecule has 0 unspecified atom stereocenters. The van der Waals surface area contributed by atoms with E-state index in [1.54, 1.807) is 30.3 Å². The molecule has 6 nitrogen and oxygen atoms in total. The monoisotopic (exact) mass is 363 g/mol. The van der Waals surface area contributed by atoms with Crippen LogP contribution in [0.2, 0.25) is 0 Å². The van der Waals surface area contributed by atoms with E-state index in [-0.39, 0.29) is 5.75 Å². The van der Waals surface area contributed by atoms with E-state index >= 15 is 0 Å². The van der Waals surface area contributed by atoms with Gasteiger partial charge < -0.3 is 14.8 Å². The zero-order valence-electron chi connectivity index (χ0n) is 14.4. The summed E-state index contributed by atoms with van der Waals surface area (Å²) in [5.41, 5.74) is 2.14. The Bertz CT molecular complexity index is 844. The third kappa shape index (κ3) is 5.49. The molecule has 0 aliphatic carbocycles. The van der Waals surface area contributed by atoms with Crippen molar-refractivity contribution in [3.8, 4) is 11.5 Å². The predicted octanol–water partition coefficient (Wildman–Crippen LogP) is 2.57. The third-order valence-electron chi connectivity index (χ3n) is 3.53. The van der Waals surface area contributed by atoms with Crippen LogP contribution in [0, 0.1) is 6.92 Å². The van der Waals surface area contributed by atoms with Crippen LogP contribution in [-0.4, -0.2) is 34.3 Å². The minimum absolute atomic E-state index is 0.174. The number of amides is 1. The van der Waals surface area contributed by atoms with Crippen molar-refractivity contribution >= 4 is 21.4 Å². The molecule has 25 heavy (non-hydrogen) atoms. The molecule has 1 N–H and O–H groups in total. The molecule has 2 aromatic carbocycles. The van der Waals surface area contributed by atoms with Gasteiger partial charge in [-0.25, -0.2) is 8.42 Å². The van der Waals surface area contributed by atoms with E-state index in [1.807, 2.05) is 19.1 Å². The Morgan fingerprint density at radius 1 is 1.00 bits per heavy atom. The number of carbonyl (C=O) groups is 1. The fraction of sp³-hybridized carbons (Fsp3) is 0.278. The van der Waals surface area contributed by atoms with Gasteiger partial charge in [0.1, 0.15) is 5.75 Å². The van der Waals surface area contributed by atoms with Crippen LogP contribution >= 0.6 is 0 Å². The number of benzene rings is 2. The number of carbonyl (C=O) groups excluding carboxylic acids is 1. The zero-order chi connectivity index (χ0) is 18.4. The lowest BCUT2D eigenvalue weighted by molar-refractivity contribution is -0.113. The van der Waals surface area contributed by atoms with Gasteiger partial charge in [-0.05, 0) is 24.6 Å². The fourth-order valence-corrected chi connectivity index (χ4v) is 3.57. The Morgan fingerprint density at radius 3 is 2.24 bits per heavy atom. The van der Waals surface area contributed by atoms with Crippen molar-refractivity contribution in [2.75, 3.05) is 25.3 Å². The van der Waals surface area contributed by atoms with Gasteiger partial charge in [0.15, 0.2) is 21.3 Å². The van der Waals surface area contributed by atoms with Crippen LogP contribution in [0.4, 0.5) is 5.69 Å². The number of nitrogens with one attached hydrogen (secondary N) is 1. The fourth-order valence-electron chi connectivity index (χ4n) is 2.30. The van der Waals surface area contributed by atoms with Gasteiger partial charge in [-0.3, -0.25) is 4.79 Å². The van der Waals surface area contributed by atoms with Crippen LogP contribution in [0.5, 0.6) is 11.5 Å². The lowest BCUT2D eigenvalue weighted by Gasteiger charge is -2.11. The molecule has 0 aromatic heterocycles. The van der Waals surface area contributed by atoms with Crippen LogP contribution in [0.3, 0.4) is 0 Å². The molecule has 0 aliphatic rings. The number of ether oxygens (including phenoxy) is 2. The summed E-state index contributed by atoms with van der Waals surface area (Å²) in [5, 5.41) is 2.57. The maximum atomic E-state index is 12.2. The highest BCUT2D eigenvalue weighted by molar-refractivity contribution is 7.91. The maximum absolute atomic E-state index is 12.2. The number of hydrogen-bond donors (Lipinski definition) is 1. The lowest BCUT2D eigenvalue weighted by atomic mass is 10.2. The number of aryl methyl sites for hydroxylation is 1. The van der Waals surface area contributed by atoms with E-state index in [2.05, 4.69) is 5.32 Å². The van der Waals surface area contributed by atoms with Crippen molar-refractivity contribution in [2.24, 2.45) is 0 Å². The molecule has 2 rings (SSSR count). The van der Waals surface area contributed by atoms with Gasteiger partial charge in [-0.15, -0.1) is 0 Å². The largest absolute Gasteiger partial charge is 0.493 e. The topological polar surface area (TPSA) is 81.7 Å². The summed E-state index contributed by atoms with van der Waals surface area (Å²) in [6.07, 6.45) is 0. The van der Waals surface area contributed by atoms with Crippen LogP contribution < -0.4 is 14.8 Å². The van der Waals surface area contributed by atoms with E-state index in [9.17, 15) is 13.2 Å². The highest BCUT2D eigenvalue weighted by atomic mass is 32.2. The summed E-state index contributed by atoms with van der Waals surface area (Å²) in [6.45, 7) is 1.93. The Balaban J connectivity index is 2.02. The highest BCUT2D eigenvalue weighted by Gasteiger charge is 2.18. The molecule has 0 aliphatic heterocycles. The summed E-state index contributed by atoms with van der Waals surface area (Å²) in [4.78, 5) is 12.1. The summed E-state index contributed by atoms with van der Waals surface area (Å²) in [5.74, 6) is -0.392. The van der Waals surface area contributed by atoms with Crippen LogP contribution in [0.25, 0.3) is 0 Å². The molecular formula is C18H21NO5S. The first-order valence-corrected chi connectivity index (χ1v) is 9.43. The molecule has 2 aromatic rings. The van der Waals surface area contributed by atoms with Gasteiger partial charge in [0.2, 0.25) is 5.91 Å². The van der Waals surface area contributed by atoms with E-state index in [0.717, 1.165) is 5.56 Å². The Hall–Kier alpha value is -2.54. The highest BCUT2D eigenvalue weighted by Crippen LogP contribution is 2.29. The first-order chi connectivity index (χ1) is 11.8. The van der Waals surface area contributed by atoms with Gasteiger partial charge >= 0.3 is 0 Å². The first-order valence-electron chi connectivity index (χ1n) is 7.61. The van der Waals surface area contributed by atoms with E-state index in [1.165, 1.54) is 14.2 Å². The van der Waals surface area contributed by atoms with Crippen LogP contribution in [0.1, 0.15) is 11.1 Å². The number of sulfone groups is 1. The quantitative estimate of drug-likeness (QED) is 0.818. The standard InChI is InChI=1S/C18H21NO5S/c1-13-4-6-14(7-5-13)11-25(21,22)12-18(20)19-15-8-9-16(23-2)17(10-15)24-3/h4-10H,11-12H2,1-3H3,(H,19,20). The van der Waals surface area contributed by atoms with Crippen molar-refractivity contribution in [1.29, 1.82) is 0 Å². The minimum atomic E-state index is -3.56. The molecule has 0 saturated heterocycles. The molecular weight excluding hydrogens is 342 g/mol. The Labute approximate surface area is 147 Å². The molecule has 0 spiro atoms. The molecule has 7 heteroatoms. The molecule has 0 atom stereocenters. The average Bonchev–Trinajstić information content (AvgIpc) is 2.56. The van der Waals surface area contributed by atoms with E-state index in [4.69, 9.17) is 9.47 Å². The molecule has 0 heterocycles. The minimum Gasteiger partial charge on any atom is -0.493 e. The second-order valence-corrected chi connectivity index (χ2v) is 7.70. The maximum Gasteiger partial charge on any atom is 0.239 e. The molecule has 0 fully saturated rings. The zero-order valence-corrected chi connectivity index (χ0v) is 15.2. The number of methoxy groups -OCH3 is 2. The molecule has 134 valence electrons. The molecule has 0 saturated carbocycles. The van der Waals surface area contributed by atoms with Gasteiger partial charge in [-0.2, -0.15) is 0 Å². The second kappa shape index (κ2) is 8.02. The van der Waals surface area contributed by atoms with Crippen molar-refractivity contribution in [3.05, 3.63) is 53.6 Å². The number of rotatable bonds is 7. The van der Waals surface area contributed by atoms with Gasteiger partial charge in [-0.1, -0.05) is 29.8 Å². The Kier molecular flexibility index (Phi) is 6.03. The molecule has 1 amide bonds. The Morgan fingerprint density at radius 2 is 1.64 bits per heavy atom. The second-order valence-electron chi connectivity index (χ2n) is 5.64. The van der Waals surface area contributed by atoms with Crippen molar-refractivity contribution in [1.82, 2.24) is 0 Å². The van der Waals surface area contributed by atoms with Crippen molar-refractivity contribution in [3.63, 3.8) is 0 Å². The molecule has 0 radical (unpaired) electrons. The van der Waals surface area contributed by atoms with Crippen LogP contribution in [0.15, 0.2) is 42.5 Å². The predicted molar refractivity (Wildman–Crippen MR) is 96.8 cm³/mol. The average molecular weight is 363 g/mol. The number of hydrogen-bond acceptors (Lipinski definition) is 5. The molecule has 0 bridgehead atoms. The van der Waals surface area contributed by atoms with E-state index in [0.29, 0.717) is 22.7 Å². The summed E-state index contributed by atoms with van der Waals surface area (Å²) < 4.78 is 34.7. The normalized spacial score (nSPS) is 11.0. The van der Waals surface area contributed by atoms with E-state index < -0.39 is 21.5 Å². The van der Waals surface area contributed by atoms with Gasteiger partial charge in [0.25, 0.3) is 0 Å². The number of anilines is 1. The third-order valence-corrected chi connectivity index (χ3v) is 5.00. The summed E-state index contributed by atoms with van der Waals surface area (Å²) in [6, 6.07) is 12.0. The first kappa shape index (κ1) is 18.8. The van der Waals surface area contributed by atoms with Gasteiger partial charge in [0.05, 0.1) is 20.0 Å². The SMILES string of the molecule is COc1ccc(NC(=O)CS(=O)(=O)Cc2ccc(C)cc2)cc1OC. The lowest BCUT2D eigenvalue weighted by Crippen LogP contribution is -2.24. The summed E-state index contributed by atoms with van der Waals surface area (Å²) in [7, 11) is -0.574.